The van der Waals surface area contributed by atoms with E-state index in [2.05, 4.69) is 10.6 Å². The van der Waals surface area contributed by atoms with Gasteiger partial charge in [-0.15, -0.1) is 0 Å². The number of benzene rings is 1. The number of alkyl halides is 3. The number of anilines is 1. The van der Waals surface area contributed by atoms with Crippen molar-refractivity contribution in [3.05, 3.63) is 29.8 Å². The number of rotatable bonds is 6. The lowest BCUT2D eigenvalue weighted by Gasteiger charge is -2.23. The SMILES string of the molecule is CCN(Cc1cccc(NC(=O)CC2COCCN2)c1)C(=O)C(F)(F)F. The normalized spacial score (nSPS) is 17.6. The predicted octanol–water partition coefficient (Wildman–Crippen LogP) is 1.91. The number of carbonyl (C=O) groups excluding carboxylic acids is 2. The molecule has 6 nitrogen and oxygen atoms in total. The fourth-order valence-corrected chi connectivity index (χ4v) is 2.66. The number of morpholine rings is 1. The Hall–Kier alpha value is -2.13. The fraction of sp³-hybridized carbons (Fsp3) is 0.529. The molecule has 2 amide bonds. The summed E-state index contributed by atoms with van der Waals surface area (Å²) >= 11 is 0. The minimum absolute atomic E-state index is 0.0630. The maximum Gasteiger partial charge on any atom is 0.471 e. The van der Waals surface area contributed by atoms with Gasteiger partial charge >= 0.3 is 12.1 Å². The minimum atomic E-state index is -4.91. The van der Waals surface area contributed by atoms with Gasteiger partial charge in [-0.2, -0.15) is 13.2 Å². The van der Waals surface area contributed by atoms with Crippen LogP contribution in [0.15, 0.2) is 24.3 Å². The summed E-state index contributed by atoms with van der Waals surface area (Å²) in [6.07, 6.45) is -4.67. The van der Waals surface area contributed by atoms with Gasteiger partial charge in [-0.1, -0.05) is 12.1 Å². The van der Waals surface area contributed by atoms with Crippen LogP contribution in [0, 0.1) is 0 Å². The molecule has 26 heavy (non-hydrogen) atoms. The second-order valence-corrected chi connectivity index (χ2v) is 6.00. The van der Waals surface area contributed by atoms with Crippen molar-refractivity contribution in [1.82, 2.24) is 10.2 Å². The largest absolute Gasteiger partial charge is 0.471 e. The Bertz CT molecular complexity index is 631. The summed E-state index contributed by atoms with van der Waals surface area (Å²) in [5.41, 5.74) is 0.973. The van der Waals surface area contributed by atoms with E-state index in [1.54, 1.807) is 24.3 Å². The maximum atomic E-state index is 12.6. The second kappa shape index (κ2) is 9.00. The molecule has 1 saturated heterocycles. The third-order valence-corrected chi connectivity index (χ3v) is 3.93. The number of hydrogen-bond acceptors (Lipinski definition) is 4. The second-order valence-electron chi connectivity index (χ2n) is 6.00. The smallest absolute Gasteiger partial charge is 0.378 e. The van der Waals surface area contributed by atoms with E-state index >= 15 is 0 Å². The molecule has 1 aromatic carbocycles. The number of nitrogens with zero attached hydrogens (tertiary/aromatic N) is 1. The van der Waals surface area contributed by atoms with E-state index in [-0.39, 0.29) is 31.5 Å². The van der Waals surface area contributed by atoms with Crippen LogP contribution in [-0.4, -0.2) is 55.2 Å². The maximum absolute atomic E-state index is 12.6. The molecule has 0 aromatic heterocycles. The van der Waals surface area contributed by atoms with Crippen LogP contribution < -0.4 is 10.6 Å². The summed E-state index contributed by atoms with van der Waals surface area (Å²) in [7, 11) is 0. The van der Waals surface area contributed by atoms with Crippen molar-refractivity contribution in [3.63, 3.8) is 0 Å². The van der Waals surface area contributed by atoms with E-state index in [4.69, 9.17) is 4.74 Å². The average Bonchev–Trinajstić information content (AvgIpc) is 2.59. The van der Waals surface area contributed by atoms with Crippen molar-refractivity contribution in [2.24, 2.45) is 0 Å². The van der Waals surface area contributed by atoms with Crippen LogP contribution in [-0.2, 0) is 20.9 Å². The van der Waals surface area contributed by atoms with Crippen LogP contribution >= 0.6 is 0 Å². The molecular formula is C17H22F3N3O3. The molecule has 1 heterocycles. The van der Waals surface area contributed by atoms with Crippen LogP contribution in [0.2, 0.25) is 0 Å². The Kier molecular flexibility index (Phi) is 6.98. The minimum Gasteiger partial charge on any atom is -0.378 e. The molecule has 0 bridgehead atoms. The van der Waals surface area contributed by atoms with Gasteiger partial charge < -0.3 is 20.3 Å². The first-order valence-corrected chi connectivity index (χ1v) is 8.35. The highest BCUT2D eigenvalue weighted by Crippen LogP contribution is 2.21. The first kappa shape index (κ1) is 20.2. The van der Waals surface area contributed by atoms with Crippen LogP contribution in [0.1, 0.15) is 18.9 Å². The number of ether oxygens (including phenoxy) is 1. The summed E-state index contributed by atoms with van der Waals surface area (Å²) in [5.74, 6) is -2.10. The molecule has 2 rings (SSSR count). The Labute approximate surface area is 149 Å². The highest BCUT2D eigenvalue weighted by atomic mass is 19.4. The summed E-state index contributed by atoms with van der Waals surface area (Å²) in [5, 5.41) is 5.89. The van der Waals surface area contributed by atoms with Gasteiger partial charge in [0.25, 0.3) is 0 Å². The Morgan fingerprint density at radius 1 is 1.38 bits per heavy atom. The quantitative estimate of drug-likeness (QED) is 0.799. The zero-order chi connectivity index (χ0) is 19.2. The van der Waals surface area contributed by atoms with E-state index in [0.29, 0.717) is 35.9 Å². The number of nitrogens with one attached hydrogen (secondary N) is 2. The lowest BCUT2D eigenvalue weighted by atomic mass is 10.1. The van der Waals surface area contributed by atoms with Crippen molar-refractivity contribution in [3.8, 4) is 0 Å². The van der Waals surface area contributed by atoms with Gasteiger partial charge in [0.2, 0.25) is 5.91 Å². The number of amides is 2. The molecular weight excluding hydrogens is 351 g/mol. The van der Waals surface area contributed by atoms with E-state index < -0.39 is 12.1 Å². The zero-order valence-corrected chi connectivity index (χ0v) is 14.4. The summed E-state index contributed by atoms with van der Waals surface area (Å²) in [6, 6.07) is 6.38. The van der Waals surface area contributed by atoms with Gasteiger partial charge in [0.1, 0.15) is 0 Å². The third kappa shape index (κ3) is 5.99. The van der Waals surface area contributed by atoms with Gasteiger partial charge in [0.05, 0.1) is 13.2 Å². The summed E-state index contributed by atoms with van der Waals surface area (Å²) < 4.78 is 43.1. The molecule has 1 aliphatic rings. The van der Waals surface area contributed by atoms with Crippen molar-refractivity contribution in [2.75, 3.05) is 31.6 Å². The van der Waals surface area contributed by atoms with Gasteiger partial charge in [0, 0.05) is 37.8 Å². The molecule has 0 saturated carbocycles. The van der Waals surface area contributed by atoms with E-state index in [0.717, 1.165) is 0 Å². The predicted molar refractivity (Wildman–Crippen MR) is 89.4 cm³/mol. The lowest BCUT2D eigenvalue weighted by molar-refractivity contribution is -0.185. The highest BCUT2D eigenvalue weighted by Gasteiger charge is 2.41. The van der Waals surface area contributed by atoms with Crippen molar-refractivity contribution in [1.29, 1.82) is 0 Å². The molecule has 0 radical (unpaired) electrons. The highest BCUT2D eigenvalue weighted by molar-refractivity contribution is 5.91. The number of halogens is 3. The average molecular weight is 373 g/mol. The van der Waals surface area contributed by atoms with Crippen LogP contribution in [0.5, 0.6) is 0 Å². The molecule has 2 N–H and O–H groups in total. The third-order valence-electron chi connectivity index (χ3n) is 3.93. The van der Waals surface area contributed by atoms with Crippen molar-refractivity contribution >= 4 is 17.5 Å². The molecule has 1 aromatic rings. The van der Waals surface area contributed by atoms with Gasteiger partial charge in [-0.3, -0.25) is 9.59 Å². The fourth-order valence-electron chi connectivity index (χ4n) is 2.66. The monoisotopic (exact) mass is 373 g/mol. The molecule has 1 atom stereocenters. The first-order chi connectivity index (χ1) is 12.3. The van der Waals surface area contributed by atoms with Crippen molar-refractivity contribution in [2.45, 2.75) is 32.1 Å². The molecule has 0 spiro atoms. The zero-order valence-electron chi connectivity index (χ0n) is 14.4. The Balaban J connectivity index is 1.96. The topological polar surface area (TPSA) is 70.7 Å². The molecule has 9 heteroatoms. The first-order valence-electron chi connectivity index (χ1n) is 8.35. The molecule has 1 fully saturated rings. The Morgan fingerprint density at radius 2 is 2.15 bits per heavy atom. The Morgan fingerprint density at radius 3 is 2.77 bits per heavy atom. The summed E-state index contributed by atoms with van der Waals surface area (Å²) in [6.45, 7) is 2.99. The van der Waals surface area contributed by atoms with Gasteiger partial charge in [-0.25, -0.2) is 0 Å². The van der Waals surface area contributed by atoms with Crippen LogP contribution in [0.25, 0.3) is 0 Å². The molecule has 0 aliphatic carbocycles. The van der Waals surface area contributed by atoms with Gasteiger partial charge in [0.15, 0.2) is 0 Å². The van der Waals surface area contributed by atoms with E-state index in [1.165, 1.54) is 6.92 Å². The number of carbonyl (C=O) groups is 2. The standard InChI is InChI=1S/C17H22F3N3O3/c1-2-23(16(25)17(18,19)20)10-12-4-3-5-13(8-12)22-15(24)9-14-11-26-7-6-21-14/h3-5,8,14,21H,2,6-7,9-11H2,1H3,(H,22,24). The van der Waals surface area contributed by atoms with Crippen LogP contribution in [0.4, 0.5) is 18.9 Å². The molecule has 144 valence electrons. The molecule has 1 unspecified atom stereocenters. The van der Waals surface area contributed by atoms with Crippen molar-refractivity contribution < 1.29 is 27.5 Å². The van der Waals surface area contributed by atoms with E-state index in [9.17, 15) is 22.8 Å². The molecule has 1 aliphatic heterocycles. The summed E-state index contributed by atoms with van der Waals surface area (Å²) in [4.78, 5) is 24.2. The van der Waals surface area contributed by atoms with Crippen LogP contribution in [0.3, 0.4) is 0 Å². The van der Waals surface area contributed by atoms with E-state index in [1.807, 2.05) is 0 Å². The number of hydrogen-bond donors (Lipinski definition) is 2. The van der Waals surface area contributed by atoms with Gasteiger partial charge in [-0.05, 0) is 24.6 Å². The lowest BCUT2D eigenvalue weighted by Crippen LogP contribution is -2.43.